The van der Waals surface area contributed by atoms with Crippen LogP contribution in [0, 0.1) is 5.92 Å². The standard InChI is InChI=1S/C15H22O2/c1-3-8-13(2)15(16)17-12-7-11-14-9-5-4-6-10-14/h4-6,9-10,13H,3,7-8,11-12H2,1-2H3/t13-/m0/s1. The zero-order valence-electron chi connectivity index (χ0n) is 10.8. The van der Waals surface area contributed by atoms with Gasteiger partial charge in [-0.25, -0.2) is 0 Å². The number of ether oxygens (including phenoxy) is 1. The minimum absolute atomic E-state index is 0.0386. The van der Waals surface area contributed by atoms with Gasteiger partial charge >= 0.3 is 5.97 Å². The average Bonchev–Trinajstić information content (AvgIpc) is 2.36. The fraction of sp³-hybridized carbons (Fsp3) is 0.533. The van der Waals surface area contributed by atoms with Gasteiger partial charge in [0, 0.05) is 0 Å². The average molecular weight is 234 g/mol. The van der Waals surface area contributed by atoms with Crippen LogP contribution in [0.15, 0.2) is 30.3 Å². The second kappa shape index (κ2) is 7.88. The van der Waals surface area contributed by atoms with Crippen molar-refractivity contribution in [3.8, 4) is 0 Å². The number of carbonyl (C=O) groups is 1. The molecule has 2 nitrogen and oxygen atoms in total. The Bertz CT molecular complexity index is 319. The number of rotatable bonds is 7. The maximum atomic E-state index is 11.5. The van der Waals surface area contributed by atoms with Crippen LogP contribution in [0.1, 0.15) is 38.7 Å². The van der Waals surface area contributed by atoms with Crippen LogP contribution in [0.4, 0.5) is 0 Å². The Morgan fingerprint density at radius 3 is 2.65 bits per heavy atom. The summed E-state index contributed by atoms with van der Waals surface area (Å²) in [5.74, 6) is -0.0170. The van der Waals surface area contributed by atoms with Crippen molar-refractivity contribution >= 4 is 5.97 Å². The summed E-state index contributed by atoms with van der Waals surface area (Å²) in [5.41, 5.74) is 1.30. The van der Waals surface area contributed by atoms with Crippen LogP contribution >= 0.6 is 0 Å². The monoisotopic (exact) mass is 234 g/mol. The highest BCUT2D eigenvalue weighted by Crippen LogP contribution is 2.08. The topological polar surface area (TPSA) is 26.3 Å². The highest BCUT2D eigenvalue weighted by Gasteiger charge is 2.12. The zero-order chi connectivity index (χ0) is 12.5. The molecule has 0 aliphatic rings. The lowest BCUT2D eigenvalue weighted by molar-refractivity contribution is -0.148. The first-order chi connectivity index (χ1) is 8.24. The van der Waals surface area contributed by atoms with E-state index in [9.17, 15) is 4.79 Å². The van der Waals surface area contributed by atoms with E-state index in [2.05, 4.69) is 19.1 Å². The molecule has 0 saturated carbocycles. The molecule has 0 aromatic heterocycles. The molecular formula is C15H22O2. The van der Waals surface area contributed by atoms with Crippen molar-refractivity contribution in [1.29, 1.82) is 0 Å². The molecule has 0 aliphatic carbocycles. The van der Waals surface area contributed by atoms with Crippen LogP contribution in [-0.4, -0.2) is 12.6 Å². The van der Waals surface area contributed by atoms with Crippen molar-refractivity contribution in [3.63, 3.8) is 0 Å². The minimum Gasteiger partial charge on any atom is -0.465 e. The Balaban J connectivity index is 2.14. The van der Waals surface area contributed by atoms with E-state index in [4.69, 9.17) is 4.74 Å². The predicted molar refractivity (Wildman–Crippen MR) is 69.8 cm³/mol. The normalized spacial score (nSPS) is 12.1. The van der Waals surface area contributed by atoms with Crippen molar-refractivity contribution in [3.05, 3.63) is 35.9 Å². The molecule has 1 aromatic carbocycles. The molecule has 0 unspecified atom stereocenters. The van der Waals surface area contributed by atoms with Crippen LogP contribution in [0.25, 0.3) is 0 Å². The molecule has 0 heterocycles. The van der Waals surface area contributed by atoms with Crippen molar-refractivity contribution in [2.75, 3.05) is 6.61 Å². The lowest BCUT2D eigenvalue weighted by Crippen LogP contribution is -2.15. The Kier molecular flexibility index (Phi) is 6.38. The summed E-state index contributed by atoms with van der Waals surface area (Å²) < 4.78 is 5.24. The molecule has 1 atom stereocenters. The molecule has 1 rings (SSSR count). The van der Waals surface area contributed by atoms with E-state index in [1.165, 1.54) is 5.56 Å². The van der Waals surface area contributed by atoms with Crippen LogP contribution in [0.5, 0.6) is 0 Å². The molecule has 17 heavy (non-hydrogen) atoms. The van der Waals surface area contributed by atoms with Crippen molar-refractivity contribution in [1.82, 2.24) is 0 Å². The van der Waals surface area contributed by atoms with Gasteiger partial charge in [0.2, 0.25) is 0 Å². The molecule has 0 amide bonds. The van der Waals surface area contributed by atoms with Crippen LogP contribution in [0.3, 0.4) is 0 Å². The molecule has 0 fully saturated rings. The molecule has 0 spiro atoms. The molecule has 0 bridgehead atoms. The fourth-order valence-corrected chi connectivity index (χ4v) is 1.79. The predicted octanol–water partition coefficient (Wildman–Crippen LogP) is 3.60. The Morgan fingerprint density at radius 1 is 1.29 bits per heavy atom. The highest BCUT2D eigenvalue weighted by molar-refractivity contribution is 5.71. The SMILES string of the molecule is CCC[C@H](C)C(=O)OCCCc1ccccc1. The smallest absolute Gasteiger partial charge is 0.308 e. The van der Waals surface area contributed by atoms with E-state index in [0.717, 1.165) is 25.7 Å². The quantitative estimate of drug-likeness (QED) is 0.532. The summed E-state index contributed by atoms with van der Waals surface area (Å²) in [5, 5.41) is 0. The molecule has 0 saturated heterocycles. The van der Waals surface area contributed by atoms with Gasteiger partial charge in [-0.05, 0) is 24.8 Å². The van der Waals surface area contributed by atoms with Gasteiger partial charge in [-0.3, -0.25) is 4.79 Å². The van der Waals surface area contributed by atoms with E-state index < -0.39 is 0 Å². The number of hydrogen-bond acceptors (Lipinski definition) is 2. The summed E-state index contributed by atoms with van der Waals surface area (Å²) in [6.07, 6.45) is 3.81. The molecule has 1 aromatic rings. The van der Waals surface area contributed by atoms with Crippen LogP contribution in [-0.2, 0) is 16.0 Å². The van der Waals surface area contributed by atoms with E-state index >= 15 is 0 Å². The Hall–Kier alpha value is -1.31. The highest BCUT2D eigenvalue weighted by atomic mass is 16.5. The summed E-state index contributed by atoms with van der Waals surface area (Å²) in [6, 6.07) is 10.3. The van der Waals surface area contributed by atoms with Crippen LogP contribution in [0.2, 0.25) is 0 Å². The maximum absolute atomic E-state index is 11.5. The van der Waals surface area contributed by atoms with E-state index in [-0.39, 0.29) is 11.9 Å². The van der Waals surface area contributed by atoms with E-state index in [1.54, 1.807) is 0 Å². The molecule has 2 heteroatoms. The number of carbonyl (C=O) groups excluding carboxylic acids is 1. The van der Waals surface area contributed by atoms with E-state index in [0.29, 0.717) is 6.61 Å². The van der Waals surface area contributed by atoms with Gasteiger partial charge in [-0.2, -0.15) is 0 Å². The van der Waals surface area contributed by atoms with Crippen molar-refractivity contribution < 1.29 is 9.53 Å². The first-order valence-electron chi connectivity index (χ1n) is 6.44. The number of esters is 1. The molecule has 0 radical (unpaired) electrons. The minimum atomic E-state index is -0.0556. The number of aryl methyl sites for hydroxylation is 1. The first-order valence-corrected chi connectivity index (χ1v) is 6.44. The summed E-state index contributed by atoms with van der Waals surface area (Å²) in [4.78, 5) is 11.5. The van der Waals surface area contributed by atoms with Gasteiger partial charge in [-0.1, -0.05) is 50.6 Å². The molecule has 0 N–H and O–H groups in total. The Morgan fingerprint density at radius 2 is 2.00 bits per heavy atom. The van der Waals surface area contributed by atoms with Gasteiger partial charge < -0.3 is 4.74 Å². The van der Waals surface area contributed by atoms with Crippen molar-refractivity contribution in [2.24, 2.45) is 5.92 Å². The summed E-state index contributed by atoms with van der Waals surface area (Å²) in [6.45, 7) is 4.55. The lowest BCUT2D eigenvalue weighted by atomic mass is 10.1. The van der Waals surface area contributed by atoms with Crippen molar-refractivity contribution in [2.45, 2.75) is 39.5 Å². The third-order valence-electron chi connectivity index (χ3n) is 2.82. The van der Waals surface area contributed by atoms with Gasteiger partial charge in [0.15, 0.2) is 0 Å². The van der Waals surface area contributed by atoms with E-state index in [1.807, 2.05) is 25.1 Å². The van der Waals surface area contributed by atoms with Gasteiger partial charge in [0.05, 0.1) is 12.5 Å². The summed E-state index contributed by atoms with van der Waals surface area (Å²) in [7, 11) is 0. The van der Waals surface area contributed by atoms with Gasteiger partial charge in [0.25, 0.3) is 0 Å². The third kappa shape index (κ3) is 5.53. The van der Waals surface area contributed by atoms with Gasteiger partial charge in [0.1, 0.15) is 0 Å². The third-order valence-corrected chi connectivity index (χ3v) is 2.82. The second-order valence-electron chi connectivity index (χ2n) is 4.45. The molecule has 94 valence electrons. The fourth-order valence-electron chi connectivity index (χ4n) is 1.79. The van der Waals surface area contributed by atoms with Crippen LogP contribution < -0.4 is 0 Å². The number of benzene rings is 1. The second-order valence-corrected chi connectivity index (χ2v) is 4.45. The van der Waals surface area contributed by atoms with Gasteiger partial charge in [-0.15, -0.1) is 0 Å². The molecule has 0 aliphatic heterocycles. The largest absolute Gasteiger partial charge is 0.465 e. The first kappa shape index (κ1) is 13.8. The molecular weight excluding hydrogens is 212 g/mol. The Labute approximate surface area is 104 Å². The summed E-state index contributed by atoms with van der Waals surface area (Å²) >= 11 is 0. The maximum Gasteiger partial charge on any atom is 0.308 e. The number of hydrogen-bond donors (Lipinski definition) is 0. The zero-order valence-corrected chi connectivity index (χ0v) is 10.8. The lowest BCUT2D eigenvalue weighted by Gasteiger charge is -2.10.